The number of Topliss-reactive ketones (excluding diaryl/α,β-unsaturated/α-hetero) is 1. The first-order valence-corrected chi connectivity index (χ1v) is 6.82. The van der Waals surface area contributed by atoms with E-state index >= 15 is 0 Å². The van der Waals surface area contributed by atoms with Gasteiger partial charge in [0.15, 0.2) is 0 Å². The molecular formula is C17H15NO4. The molecule has 0 aromatic heterocycles. The zero-order valence-corrected chi connectivity index (χ0v) is 12.3. The average Bonchev–Trinajstić information content (AvgIpc) is 2.78. The number of ether oxygens (including phenoxy) is 2. The van der Waals surface area contributed by atoms with Crippen LogP contribution in [0.4, 0.5) is 5.69 Å². The van der Waals surface area contributed by atoms with E-state index < -0.39 is 11.7 Å². The van der Waals surface area contributed by atoms with Gasteiger partial charge in [-0.05, 0) is 35.9 Å². The fourth-order valence-electron chi connectivity index (χ4n) is 2.34. The zero-order chi connectivity index (χ0) is 15.7. The minimum atomic E-state index is -0.512. The van der Waals surface area contributed by atoms with Gasteiger partial charge in [0.25, 0.3) is 11.7 Å². The summed E-state index contributed by atoms with van der Waals surface area (Å²) in [6.45, 7) is 0.376. The number of amides is 1. The fraction of sp³-hybridized carbons (Fsp3) is 0.176. The van der Waals surface area contributed by atoms with Crippen LogP contribution in [0, 0.1) is 0 Å². The number of carbonyl (C=O) groups is 2. The van der Waals surface area contributed by atoms with Crippen molar-refractivity contribution in [1.29, 1.82) is 0 Å². The molecule has 2 aromatic rings. The molecule has 0 fully saturated rings. The Morgan fingerprint density at radius 3 is 2.36 bits per heavy atom. The first kappa shape index (κ1) is 14.1. The van der Waals surface area contributed by atoms with Gasteiger partial charge in [-0.1, -0.05) is 12.1 Å². The van der Waals surface area contributed by atoms with E-state index in [-0.39, 0.29) is 0 Å². The van der Waals surface area contributed by atoms with Gasteiger partial charge in [0.1, 0.15) is 18.1 Å². The molecule has 0 atom stereocenters. The predicted molar refractivity (Wildman–Crippen MR) is 81.5 cm³/mol. The quantitative estimate of drug-likeness (QED) is 0.813. The summed E-state index contributed by atoms with van der Waals surface area (Å²) in [4.78, 5) is 24.8. The van der Waals surface area contributed by atoms with E-state index in [0.29, 0.717) is 23.6 Å². The number of hydrogen-bond donors (Lipinski definition) is 0. The summed E-state index contributed by atoms with van der Waals surface area (Å²) in [7, 11) is 3.20. The van der Waals surface area contributed by atoms with Crippen molar-refractivity contribution in [3.8, 4) is 11.5 Å². The highest BCUT2D eigenvalue weighted by Gasteiger charge is 2.33. The third kappa shape index (κ3) is 2.41. The Hall–Kier alpha value is -2.82. The third-order valence-corrected chi connectivity index (χ3v) is 3.64. The molecule has 0 spiro atoms. The van der Waals surface area contributed by atoms with Crippen LogP contribution in [0.2, 0.25) is 0 Å². The summed E-state index contributed by atoms with van der Waals surface area (Å²) < 4.78 is 10.8. The lowest BCUT2D eigenvalue weighted by atomic mass is 10.1. The highest BCUT2D eigenvalue weighted by atomic mass is 16.5. The standard InChI is InChI=1S/C17H15NO4/c1-18-15-8-7-13(9-14(15)16(19)17(18)20)22-10-11-3-5-12(21-2)6-4-11/h3-9H,10H2,1-2H3. The second kappa shape index (κ2) is 5.52. The van der Waals surface area contributed by atoms with Gasteiger partial charge in [0.05, 0.1) is 18.4 Å². The molecule has 5 heteroatoms. The Bertz CT molecular complexity index is 737. The van der Waals surface area contributed by atoms with E-state index in [9.17, 15) is 9.59 Å². The molecule has 0 saturated heterocycles. The van der Waals surface area contributed by atoms with Gasteiger partial charge in [-0.15, -0.1) is 0 Å². The number of anilines is 1. The second-order valence-electron chi connectivity index (χ2n) is 5.01. The molecule has 0 aliphatic carbocycles. The maximum Gasteiger partial charge on any atom is 0.299 e. The summed E-state index contributed by atoms with van der Waals surface area (Å²) in [5, 5.41) is 0. The average molecular weight is 297 g/mol. The lowest BCUT2D eigenvalue weighted by Gasteiger charge is -2.10. The molecule has 2 aromatic carbocycles. The van der Waals surface area contributed by atoms with Crippen molar-refractivity contribution >= 4 is 17.4 Å². The van der Waals surface area contributed by atoms with Crippen molar-refractivity contribution in [3.05, 3.63) is 53.6 Å². The van der Waals surface area contributed by atoms with Gasteiger partial charge in [-0.25, -0.2) is 0 Å². The summed E-state index contributed by atoms with van der Waals surface area (Å²) in [5.41, 5.74) is 1.99. The Morgan fingerprint density at radius 1 is 1.00 bits per heavy atom. The van der Waals surface area contributed by atoms with Gasteiger partial charge in [-0.2, -0.15) is 0 Å². The Balaban J connectivity index is 1.74. The number of hydrogen-bond acceptors (Lipinski definition) is 4. The van der Waals surface area contributed by atoms with Crippen LogP contribution in [0.15, 0.2) is 42.5 Å². The summed E-state index contributed by atoms with van der Waals surface area (Å²) >= 11 is 0. The number of fused-ring (bicyclic) bond motifs is 1. The van der Waals surface area contributed by atoms with Crippen LogP contribution in [-0.4, -0.2) is 25.8 Å². The molecular weight excluding hydrogens is 282 g/mol. The monoisotopic (exact) mass is 297 g/mol. The van der Waals surface area contributed by atoms with Crippen LogP contribution in [0.1, 0.15) is 15.9 Å². The van der Waals surface area contributed by atoms with Crippen LogP contribution in [0.5, 0.6) is 11.5 Å². The van der Waals surface area contributed by atoms with Crippen molar-refractivity contribution < 1.29 is 19.1 Å². The Labute approximate surface area is 128 Å². The van der Waals surface area contributed by atoms with Crippen molar-refractivity contribution in [2.75, 3.05) is 19.1 Å². The van der Waals surface area contributed by atoms with Crippen molar-refractivity contribution in [2.24, 2.45) is 0 Å². The zero-order valence-electron chi connectivity index (χ0n) is 12.3. The molecule has 0 radical (unpaired) electrons. The molecule has 1 amide bonds. The second-order valence-corrected chi connectivity index (χ2v) is 5.01. The molecule has 0 bridgehead atoms. The highest BCUT2D eigenvalue weighted by Crippen LogP contribution is 2.31. The molecule has 1 aliphatic rings. The van der Waals surface area contributed by atoms with Gasteiger partial charge >= 0.3 is 0 Å². The first-order chi connectivity index (χ1) is 10.6. The molecule has 1 aliphatic heterocycles. The topological polar surface area (TPSA) is 55.8 Å². The van der Waals surface area contributed by atoms with Gasteiger partial charge in [-0.3, -0.25) is 9.59 Å². The largest absolute Gasteiger partial charge is 0.497 e. The molecule has 0 saturated carbocycles. The fourth-order valence-corrected chi connectivity index (χ4v) is 2.34. The van der Waals surface area contributed by atoms with Gasteiger partial charge in [0.2, 0.25) is 0 Å². The van der Waals surface area contributed by atoms with Crippen LogP contribution >= 0.6 is 0 Å². The molecule has 3 rings (SSSR count). The highest BCUT2D eigenvalue weighted by molar-refractivity contribution is 6.52. The molecule has 112 valence electrons. The van der Waals surface area contributed by atoms with Crippen molar-refractivity contribution in [2.45, 2.75) is 6.61 Å². The maximum absolute atomic E-state index is 11.8. The lowest BCUT2D eigenvalue weighted by Crippen LogP contribution is -2.24. The van der Waals surface area contributed by atoms with E-state index in [1.54, 1.807) is 32.4 Å². The molecule has 1 heterocycles. The molecule has 22 heavy (non-hydrogen) atoms. The number of benzene rings is 2. The van der Waals surface area contributed by atoms with E-state index in [1.807, 2.05) is 24.3 Å². The Morgan fingerprint density at radius 2 is 1.68 bits per heavy atom. The van der Waals surface area contributed by atoms with Gasteiger partial charge < -0.3 is 14.4 Å². The number of carbonyl (C=O) groups excluding carboxylic acids is 2. The third-order valence-electron chi connectivity index (χ3n) is 3.64. The minimum absolute atomic E-state index is 0.376. The number of likely N-dealkylation sites (N-methyl/N-ethyl adjacent to an activating group) is 1. The first-order valence-electron chi connectivity index (χ1n) is 6.82. The van der Waals surface area contributed by atoms with E-state index in [4.69, 9.17) is 9.47 Å². The van der Waals surface area contributed by atoms with E-state index in [1.165, 1.54) is 4.90 Å². The van der Waals surface area contributed by atoms with Crippen LogP contribution < -0.4 is 14.4 Å². The lowest BCUT2D eigenvalue weighted by molar-refractivity contribution is -0.114. The summed E-state index contributed by atoms with van der Waals surface area (Å²) in [6.07, 6.45) is 0. The predicted octanol–water partition coefficient (Wildman–Crippen LogP) is 2.43. The molecule has 0 N–H and O–H groups in total. The molecule has 5 nitrogen and oxygen atoms in total. The maximum atomic E-state index is 11.8. The number of methoxy groups -OCH3 is 1. The number of ketones is 1. The van der Waals surface area contributed by atoms with E-state index in [0.717, 1.165) is 11.3 Å². The molecule has 0 unspecified atom stereocenters. The minimum Gasteiger partial charge on any atom is -0.497 e. The number of nitrogens with zero attached hydrogens (tertiary/aromatic N) is 1. The van der Waals surface area contributed by atoms with Crippen LogP contribution in [0.3, 0.4) is 0 Å². The van der Waals surface area contributed by atoms with Gasteiger partial charge in [0, 0.05) is 7.05 Å². The normalized spacial score (nSPS) is 13.3. The van der Waals surface area contributed by atoms with Crippen LogP contribution in [-0.2, 0) is 11.4 Å². The SMILES string of the molecule is COc1ccc(COc2ccc3c(c2)C(=O)C(=O)N3C)cc1. The van der Waals surface area contributed by atoms with Crippen LogP contribution in [0.25, 0.3) is 0 Å². The van der Waals surface area contributed by atoms with Crippen molar-refractivity contribution in [3.63, 3.8) is 0 Å². The summed E-state index contributed by atoms with van der Waals surface area (Å²) in [6, 6.07) is 12.6. The Kier molecular flexibility index (Phi) is 3.55. The summed E-state index contributed by atoms with van der Waals surface area (Å²) in [5.74, 6) is 0.342. The smallest absolute Gasteiger partial charge is 0.299 e. The van der Waals surface area contributed by atoms with Crippen molar-refractivity contribution in [1.82, 2.24) is 0 Å². The van der Waals surface area contributed by atoms with E-state index in [2.05, 4.69) is 0 Å². The number of rotatable bonds is 4.